The van der Waals surface area contributed by atoms with Crippen LogP contribution in [-0.2, 0) is 0 Å². The average molecular weight is 315 g/mol. The minimum absolute atomic E-state index is 0.0205. The molecule has 0 radical (unpaired) electrons. The number of rotatable bonds is 5. The first-order valence-electron chi connectivity index (χ1n) is 6.38. The lowest BCUT2D eigenvalue weighted by Crippen LogP contribution is -2.27. The van der Waals surface area contributed by atoms with Gasteiger partial charge in [-0.1, -0.05) is 32.4 Å². The Bertz CT molecular complexity index is 555. The van der Waals surface area contributed by atoms with E-state index in [0.717, 1.165) is 12.5 Å². The van der Waals surface area contributed by atoms with Crippen LogP contribution in [0.25, 0.3) is 0 Å². The molecule has 1 aromatic rings. The molecular weight excluding hydrogens is 296 g/mol. The van der Waals surface area contributed by atoms with E-state index in [1.165, 1.54) is 6.07 Å². The maximum absolute atomic E-state index is 12.0. The molecule has 1 aromatic carbocycles. The Kier molecular flexibility index (Phi) is 5.51. The number of halogens is 1. The van der Waals surface area contributed by atoms with Gasteiger partial charge in [0.05, 0.1) is 9.95 Å². The van der Waals surface area contributed by atoms with E-state index in [-0.39, 0.29) is 27.4 Å². The number of hydrogen-bond donors (Lipinski definition) is 3. The molecule has 0 atom stereocenters. The number of carbonyl (C=O) groups is 1. The molecule has 8 heteroatoms. The number of amides is 1. The van der Waals surface area contributed by atoms with Gasteiger partial charge in [-0.05, 0) is 17.9 Å². The quantitative estimate of drug-likeness (QED) is 0.439. The molecule has 0 spiro atoms. The molecule has 0 bridgehead atoms. The van der Waals surface area contributed by atoms with Gasteiger partial charge in [-0.25, -0.2) is 0 Å². The first-order chi connectivity index (χ1) is 9.65. The molecule has 7 nitrogen and oxygen atoms in total. The summed E-state index contributed by atoms with van der Waals surface area (Å²) in [5.41, 5.74) is 2.02. The van der Waals surface area contributed by atoms with Crippen LogP contribution in [-0.4, -0.2) is 17.4 Å². The fourth-order valence-electron chi connectivity index (χ4n) is 1.66. The van der Waals surface area contributed by atoms with Gasteiger partial charge >= 0.3 is 0 Å². The summed E-state index contributed by atoms with van der Waals surface area (Å²) in [6, 6.07) is 2.49. The lowest BCUT2D eigenvalue weighted by Gasteiger charge is -2.18. The molecule has 0 aliphatic rings. The van der Waals surface area contributed by atoms with Crippen molar-refractivity contribution in [2.75, 3.05) is 12.0 Å². The van der Waals surface area contributed by atoms with Gasteiger partial charge in [0.1, 0.15) is 5.69 Å². The fourth-order valence-corrected chi connectivity index (χ4v) is 1.93. The Morgan fingerprint density at radius 1 is 1.43 bits per heavy atom. The van der Waals surface area contributed by atoms with Gasteiger partial charge in [-0.2, -0.15) is 0 Å². The average Bonchev–Trinajstić information content (AvgIpc) is 2.35. The van der Waals surface area contributed by atoms with Crippen molar-refractivity contribution in [3.05, 3.63) is 32.8 Å². The zero-order valence-corrected chi connectivity index (χ0v) is 13.0. The minimum Gasteiger partial charge on any atom is -0.352 e. The second-order valence-electron chi connectivity index (χ2n) is 5.82. The van der Waals surface area contributed by atoms with Crippen LogP contribution in [0.3, 0.4) is 0 Å². The second kappa shape index (κ2) is 6.73. The first kappa shape index (κ1) is 17.2. The molecular formula is C13H19ClN4O3. The number of nitro groups is 1. The van der Waals surface area contributed by atoms with Gasteiger partial charge in [0.15, 0.2) is 0 Å². The molecule has 21 heavy (non-hydrogen) atoms. The smallest absolute Gasteiger partial charge is 0.295 e. The van der Waals surface area contributed by atoms with E-state index in [4.69, 9.17) is 17.4 Å². The molecule has 0 aromatic heterocycles. The number of nitrogens with one attached hydrogen (secondary N) is 2. The van der Waals surface area contributed by atoms with Gasteiger partial charge in [-0.3, -0.25) is 20.8 Å². The number of nitrogen functional groups attached to an aromatic ring is 1. The van der Waals surface area contributed by atoms with Gasteiger partial charge < -0.3 is 10.7 Å². The Morgan fingerprint density at radius 3 is 2.52 bits per heavy atom. The van der Waals surface area contributed by atoms with E-state index < -0.39 is 10.8 Å². The summed E-state index contributed by atoms with van der Waals surface area (Å²) < 4.78 is 0. The molecule has 0 fully saturated rings. The van der Waals surface area contributed by atoms with Crippen LogP contribution in [0.2, 0.25) is 5.02 Å². The van der Waals surface area contributed by atoms with Gasteiger partial charge in [0, 0.05) is 18.2 Å². The number of hydrogen-bond acceptors (Lipinski definition) is 5. The van der Waals surface area contributed by atoms with Crippen molar-refractivity contribution in [3.8, 4) is 0 Å². The topological polar surface area (TPSA) is 110 Å². The van der Waals surface area contributed by atoms with E-state index in [9.17, 15) is 14.9 Å². The summed E-state index contributed by atoms with van der Waals surface area (Å²) in [6.07, 6.45) is 0.789. The van der Waals surface area contributed by atoms with Crippen molar-refractivity contribution in [2.24, 2.45) is 11.3 Å². The predicted molar refractivity (Wildman–Crippen MR) is 82.3 cm³/mol. The largest absolute Gasteiger partial charge is 0.352 e. The Labute approximate surface area is 128 Å². The molecule has 0 saturated heterocycles. The highest BCUT2D eigenvalue weighted by molar-refractivity contribution is 6.34. The molecule has 4 N–H and O–H groups in total. The number of nitrogens with two attached hydrogens (primary N) is 1. The number of anilines is 1. The molecule has 0 unspecified atom stereocenters. The van der Waals surface area contributed by atoms with Crippen LogP contribution in [0.5, 0.6) is 0 Å². The van der Waals surface area contributed by atoms with Crippen molar-refractivity contribution < 1.29 is 9.72 Å². The molecule has 0 saturated carbocycles. The van der Waals surface area contributed by atoms with E-state index in [1.54, 1.807) is 0 Å². The first-order valence-corrected chi connectivity index (χ1v) is 6.76. The number of nitrogens with zero attached hydrogens (tertiary/aromatic N) is 1. The fraction of sp³-hybridized carbons (Fsp3) is 0.462. The van der Waals surface area contributed by atoms with Gasteiger partial charge in [0.2, 0.25) is 0 Å². The molecule has 1 rings (SSSR count). The highest BCUT2D eigenvalue weighted by Crippen LogP contribution is 2.33. The summed E-state index contributed by atoms with van der Waals surface area (Å²) in [5.74, 6) is 4.79. The zero-order valence-electron chi connectivity index (χ0n) is 12.2. The maximum Gasteiger partial charge on any atom is 0.295 e. The number of carbonyl (C=O) groups excluding carboxylic acids is 1. The molecule has 116 valence electrons. The predicted octanol–water partition coefficient (Wildman–Crippen LogP) is 2.70. The minimum atomic E-state index is -0.646. The lowest BCUT2D eigenvalue weighted by molar-refractivity contribution is -0.384. The number of hydrazine groups is 1. The van der Waals surface area contributed by atoms with Crippen LogP contribution < -0.4 is 16.6 Å². The molecule has 0 aliphatic carbocycles. The van der Waals surface area contributed by atoms with Gasteiger partial charge in [0.25, 0.3) is 11.6 Å². The van der Waals surface area contributed by atoms with E-state index in [2.05, 4.69) is 31.5 Å². The van der Waals surface area contributed by atoms with Crippen molar-refractivity contribution in [1.29, 1.82) is 0 Å². The molecule has 0 heterocycles. The van der Waals surface area contributed by atoms with Crippen molar-refractivity contribution >= 4 is 28.9 Å². The normalized spacial score (nSPS) is 11.1. The summed E-state index contributed by atoms with van der Waals surface area (Å²) in [6.45, 7) is 6.65. The van der Waals surface area contributed by atoms with Crippen molar-refractivity contribution in [3.63, 3.8) is 0 Å². The SMILES string of the molecule is CC(C)(C)CCNC(=O)c1cc(Cl)c(NN)c([N+](=O)[O-])c1. The standard InChI is InChI=1S/C13H19ClN4O3/c1-13(2,3)4-5-16-12(19)8-6-9(14)11(17-15)10(7-8)18(20)21/h6-7,17H,4-5,15H2,1-3H3,(H,16,19). The summed E-state index contributed by atoms with van der Waals surface area (Å²) in [7, 11) is 0. The summed E-state index contributed by atoms with van der Waals surface area (Å²) >= 11 is 5.90. The summed E-state index contributed by atoms with van der Waals surface area (Å²) in [4.78, 5) is 22.3. The van der Waals surface area contributed by atoms with Crippen LogP contribution in [0.15, 0.2) is 12.1 Å². The Morgan fingerprint density at radius 2 is 2.05 bits per heavy atom. The zero-order chi connectivity index (χ0) is 16.2. The number of nitro benzene ring substituents is 1. The lowest BCUT2D eigenvalue weighted by atomic mass is 9.92. The maximum atomic E-state index is 12.0. The Hall–Kier alpha value is -1.86. The van der Waals surface area contributed by atoms with Gasteiger partial charge in [-0.15, -0.1) is 0 Å². The molecule has 1 amide bonds. The molecule has 0 aliphatic heterocycles. The third kappa shape index (κ3) is 4.87. The van der Waals surface area contributed by atoms with Crippen LogP contribution >= 0.6 is 11.6 Å². The third-order valence-electron chi connectivity index (χ3n) is 2.83. The van der Waals surface area contributed by atoms with E-state index in [1.807, 2.05) is 0 Å². The van der Waals surface area contributed by atoms with Crippen LogP contribution in [0, 0.1) is 15.5 Å². The highest BCUT2D eigenvalue weighted by Gasteiger charge is 2.21. The van der Waals surface area contributed by atoms with Crippen molar-refractivity contribution in [1.82, 2.24) is 5.32 Å². The van der Waals surface area contributed by atoms with Crippen LogP contribution in [0.1, 0.15) is 37.6 Å². The Balaban J connectivity index is 2.93. The third-order valence-corrected chi connectivity index (χ3v) is 3.13. The second-order valence-corrected chi connectivity index (χ2v) is 6.23. The summed E-state index contributed by atoms with van der Waals surface area (Å²) in [5, 5.41) is 13.7. The highest BCUT2D eigenvalue weighted by atomic mass is 35.5. The van der Waals surface area contributed by atoms with Crippen LogP contribution in [0.4, 0.5) is 11.4 Å². The van der Waals surface area contributed by atoms with E-state index >= 15 is 0 Å². The van der Waals surface area contributed by atoms with Crippen molar-refractivity contribution in [2.45, 2.75) is 27.2 Å². The van der Waals surface area contributed by atoms with E-state index in [0.29, 0.717) is 6.54 Å². The monoisotopic (exact) mass is 314 g/mol. The number of benzene rings is 1.